The van der Waals surface area contributed by atoms with E-state index in [-0.39, 0.29) is 5.91 Å². The third-order valence-electron chi connectivity index (χ3n) is 3.77. The number of anilines is 1. The number of hydrazone groups is 1. The number of hydrogen-bond donors (Lipinski definition) is 2. The first-order valence-electron chi connectivity index (χ1n) is 7.02. The first-order valence-corrected chi connectivity index (χ1v) is 7.02. The summed E-state index contributed by atoms with van der Waals surface area (Å²) in [4.78, 5) is 12.0. The number of nitrogens with two attached hydrogens (primary N) is 1. The molecule has 1 aliphatic rings. The summed E-state index contributed by atoms with van der Waals surface area (Å²) in [7, 11) is 0. The second kappa shape index (κ2) is 6.39. The average molecular weight is 283 g/mol. The number of nitrogens with one attached hydrogen (secondary N) is 1. The minimum Gasteiger partial charge on any atom is -0.399 e. The molecule has 4 heteroatoms. The maximum atomic E-state index is 12.0. The molecule has 1 aliphatic carbocycles. The summed E-state index contributed by atoms with van der Waals surface area (Å²) >= 11 is 0. The van der Waals surface area contributed by atoms with E-state index in [9.17, 15) is 4.79 Å². The number of allylic oxidation sites excluding steroid dienone is 3. The molecule has 4 nitrogen and oxygen atoms in total. The van der Waals surface area contributed by atoms with Crippen LogP contribution in [0, 0.1) is 5.92 Å². The molecule has 1 aromatic carbocycles. The van der Waals surface area contributed by atoms with Crippen molar-refractivity contribution in [3.63, 3.8) is 0 Å². The van der Waals surface area contributed by atoms with Crippen LogP contribution >= 0.6 is 0 Å². The van der Waals surface area contributed by atoms with Crippen molar-refractivity contribution in [3.8, 4) is 0 Å². The highest BCUT2D eigenvalue weighted by Crippen LogP contribution is 2.26. The molecule has 0 aliphatic heterocycles. The summed E-state index contributed by atoms with van der Waals surface area (Å²) in [6.07, 6.45) is 3.96. The van der Waals surface area contributed by atoms with Crippen LogP contribution in [0.3, 0.4) is 0 Å². The Balaban J connectivity index is 2.07. The van der Waals surface area contributed by atoms with Gasteiger partial charge in [-0.3, -0.25) is 4.79 Å². The van der Waals surface area contributed by atoms with E-state index >= 15 is 0 Å². The normalized spacial score (nSPS) is 20.0. The molecule has 0 saturated heterocycles. The molecule has 0 unspecified atom stereocenters. The molecule has 0 heterocycles. The van der Waals surface area contributed by atoms with E-state index in [1.165, 1.54) is 0 Å². The number of amides is 1. The average Bonchev–Trinajstić information content (AvgIpc) is 2.46. The maximum Gasteiger partial charge on any atom is 0.271 e. The summed E-state index contributed by atoms with van der Waals surface area (Å²) < 4.78 is 0. The lowest BCUT2D eigenvalue weighted by atomic mass is 9.85. The molecular formula is C17H21N3O. The van der Waals surface area contributed by atoms with E-state index in [0.717, 1.165) is 29.7 Å². The van der Waals surface area contributed by atoms with Gasteiger partial charge in [-0.15, -0.1) is 0 Å². The largest absolute Gasteiger partial charge is 0.399 e. The van der Waals surface area contributed by atoms with Crippen LogP contribution in [0.5, 0.6) is 0 Å². The number of rotatable bonds is 3. The molecule has 3 N–H and O–H groups in total. The smallest absolute Gasteiger partial charge is 0.271 e. The van der Waals surface area contributed by atoms with Crippen LogP contribution in [-0.2, 0) is 0 Å². The Bertz CT molecular complexity index is 611. The predicted octanol–water partition coefficient (Wildman–Crippen LogP) is 3.29. The molecule has 0 spiro atoms. The Kier molecular flexibility index (Phi) is 4.58. The van der Waals surface area contributed by atoms with Crippen LogP contribution < -0.4 is 11.2 Å². The molecule has 0 radical (unpaired) electrons. The lowest BCUT2D eigenvalue weighted by Gasteiger charge is -2.22. The van der Waals surface area contributed by atoms with Gasteiger partial charge in [0.2, 0.25) is 0 Å². The maximum absolute atomic E-state index is 12.0. The van der Waals surface area contributed by atoms with E-state index in [2.05, 4.69) is 23.2 Å². The number of hydrogen-bond acceptors (Lipinski definition) is 3. The predicted molar refractivity (Wildman–Crippen MR) is 87.1 cm³/mol. The van der Waals surface area contributed by atoms with Gasteiger partial charge in [0.1, 0.15) is 0 Å². The van der Waals surface area contributed by atoms with Crippen LogP contribution in [0.15, 0.2) is 53.2 Å². The molecule has 1 atom stereocenters. The summed E-state index contributed by atoms with van der Waals surface area (Å²) in [6, 6.07) is 6.77. The van der Waals surface area contributed by atoms with Crippen LogP contribution in [0.2, 0.25) is 0 Å². The Labute approximate surface area is 125 Å². The van der Waals surface area contributed by atoms with Crippen molar-refractivity contribution in [1.82, 2.24) is 5.43 Å². The number of nitrogen functional groups attached to an aromatic ring is 1. The lowest BCUT2D eigenvalue weighted by Crippen LogP contribution is -2.23. The van der Waals surface area contributed by atoms with E-state index < -0.39 is 0 Å². The number of carbonyl (C=O) groups is 1. The zero-order chi connectivity index (χ0) is 15.4. The molecule has 1 aromatic rings. The van der Waals surface area contributed by atoms with Gasteiger partial charge in [0.25, 0.3) is 5.91 Å². The fourth-order valence-corrected chi connectivity index (χ4v) is 2.24. The topological polar surface area (TPSA) is 67.5 Å². The molecule has 2 rings (SSSR count). The van der Waals surface area contributed by atoms with Crippen molar-refractivity contribution in [2.45, 2.75) is 26.7 Å². The minimum absolute atomic E-state index is 0.229. The first-order chi connectivity index (χ1) is 9.97. The highest BCUT2D eigenvalue weighted by Gasteiger charge is 2.18. The molecule has 0 saturated carbocycles. The Morgan fingerprint density at radius 3 is 2.67 bits per heavy atom. The number of carbonyl (C=O) groups excluding carboxylic acids is 1. The van der Waals surface area contributed by atoms with Crippen LogP contribution in [0.4, 0.5) is 5.69 Å². The van der Waals surface area contributed by atoms with Crippen LogP contribution in [0.25, 0.3) is 0 Å². The number of benzene rings is 1. The van der Waals surface area contributed by atoms with Crippen molar-refractivity contribution in [2.24, 2.45) is 11.0 Å². The molecular weight excluding hydrogens is 262 g/mol. The first kappa shape index (κ1) is 15.0. The van der Waals surface area contributed by atoms with Gasteiger partial charge in [-0.1, -0.05) is 18.2 Å². The Morgan fingerprint density at radius 1 is 1.38 bits per heavy atom. The zero-order valence-electron chi connectivity index (χ0n) is 12.5. The quantitative estimate of drug-likeness (QED) is 0.508. The highest BCUT2D eigenvalue weighted by molar-refractivity contribution is 6.02. The van der Waals surface area contributed by atoms with Crippen LogP contribution in [0.1, 0.15) is 37.0 Å². The Hall–Kier alpha value is -2.36. The van der Waals surface area contributed by atoms with Crippen LogP contribution in [-0.4, -0.2) is 11.6 Å². The van der Waals surface area contributed by atoms with E-state index in [1.54, 1.807) is 24.3 Å². The van der Waals surface area contributed by atoms with Gasteiger partial charge in [-0.2, -0.15) is 5.10 Å². The van der Waals surface area contributed by atoms with Gasteiger partial charge in [-0.25, -0.2) is 5.43 Å². The van der Waals surface area contributed by atoms with E-state index in [0.29, 0.717) is 17.2 Å². The highest BCUT2D eigenvalue weighted by atomic mass is 16.2. The van der Waals surface area contributed by atoms with Crippen molar-refractivity contribution in [3.05, 3.63) is 53.6 Å². The van der Waals surface area contributed by atoms with Crippen molar-refractivity contribution < 1.29 is 4.79 Å². The second-order valence-electron chi connectivity index (χ2n) is 5.49. The van der Waals surface area contributed by atoms with Gasteiger partial charge < -0.3 is 5.73 Å². The van der Waals surface area contributed by atoms with Crippen molar-refractivity contribution in [1.29, 1.82) is 0 Å². The van der Waals surface area contributed by atoms with E-state index in [4.69, 9.17) is 5.73 Å². The minimum atomic E-state index is -0.229. The lowest BCUT2D eigenvalue weighted by molar-refractivity contribution is 0.0954. The Morgan fingerprint density at radius 2 is 2.05 bits per heavy atom. The number of nitrogens with zero attached hydrogens (tertiary/aromatic N) is 1. The summed E-state index contributed by atoms with van der Waals surface area (Å²) in [5.74, 6) is 0.175. The standard InChI is InChI=1S/C17H21N3O/c1-11(2)14-5-4-12(3)16(10-14)19-20-17(21)13-6-8-15(18)9-7-13/h4,6-9,14H,1,5,10,18H2,2-3H3,(H,20,21)/t14-/m0/s1. The fraction of sp³-hybridized carbons (Fsp3) is 0.294. The van der Waals surface area contributed by atoms with Crippen molar-refractivity contribution in [2.75, 3.05) is 5.73 Å². The molecule has 0 bridgehead atoms. The molecule has 1 amide bonds. The van der Waals surface area contributed by atoms with Gasteiger partial charge >= 0.3 is 0 Å². The van der Waals surface area contributed by atoms with E-state index in [1.807, 2.05) is 13.8 Å². The second-order valence-corrected chi connectivity index (χ2v) is 5.49. The third-order valence-corrected chi connectivity index (χ3v) is 3.77. The van der Waals surface area contributed by atoms with Gasteiger partial charge in [0.05, 0.1) is 5.71 Å². The zero-order valence-corrected chi connectivity index (χ0v) is 12.5. The van der Waals surface area contributed by atoms with Gasteiger partial charge in [0.15, 0.2) is 0 Å². The molecule has 0 fully saturated rings. The monoisotopic (exact) mass is 283 g/mol. The summed E-state index contributed by atoms with van der Waals surface area (Å²) in [5.41, 5.74) is 12.6. The van der Waals surface area contributed by atoms with Gasteiger partial charge in [0, 0.05) is 11.3 Å². The van der Waals surface area contributed by atoms with Gasteiger partial charge in [-0.05, 0) is 62.4 Å². The summed E-state index contributed by atoms with van der Waals surface area (Å²) in [5, 5.41) is 4.27. The fourth-order valence-electron chi connectivity index (χ4n) is 2.24. The molecule has 0 aromatic heterocycles. The molecule has 110 valence electrons. The summed E-state index contributed by atoms with van der Waals surface area (Å²) in [6.45, 7) is 8.05. The SMILES string of the molecule is C=C(C)[C@H]1CC=C(C)C(=NNC(=O)c2ccc(N)cc2)C1. The van der Waals surface area contributed by atoms with Crippen molar-refractivity contribution >= 4 is 17.3 Å². The third kappa shape index (κ3) is 3.81. The molecule has 21 heavy (non-hydrogen) atoms.